The van der Waals surface area contributed by atoms with E-state index in [1.54, 1.807) is 24.3 Å². The summed E-state index contributed by atoms with van der Waals surface area (Å²) < 4.78 is 36.6. The average molecular weight is 555 g/mol. The number of esters is 1. The second-order valence-electron chi connectivity index (χ2n) is 8.10. The van der Waals surface area contributed by atoms with Crippen molar-refractivity contribution in [3.05, 3.63) is 71.8 Å². The topological polar surface area (TPSA) is 191 Å². The molecule has 2 rings (SSSR count). The van der Waals surface area contributed by atoms with E-state index in [0.29, 0.717) is 0 Å². The Balaban J connectivity index is 0.000000956. The number of rotatable bonds is 11. The Morgan fingerprint density at radius 3 is 1.64 bits per heavy atom. The lowest BCUT2D eigenvalue weighted by atomic mass is 10.0. The first-order valence-corrected chi connectivity index (χ1v) is 11.3. The van der Waals surface area contributed by atoms with Crippen molar-refractivity contribution in [2.75, 3.05) is 7.11 Å². The van der Waals surface area contributed by atoms with Crippen LogP contribution in [0.2, 0.25) is 0 Å². The minimum absolute atomic E-state index is 0.154. The Labute approximate surface area is 221 Å². The molecule has 0 heterocycles. The maximum atomic E-state index is 13.1. The minimum atomic E-state index is -5.08. The highest BCUT2D eigenvalue weighted by Crippen LogP contribution is 2.13. The molecule has 2 aromatic rings. The zero-order valence-electron chi connectivity index (χ0n) is 20.8. The van der Waals surface area contributed by atoms with Crippen LogP contribution in [0.4, 0.5) is 13.2 Å². The quantitative estimate of drug-likeness (QED) is 0.247. The summed E-state index contributed by atoms with van der Waals surface area (Å²) in [5.41, 5.74) is 12.4. The van der Waals surface area contributed by atoms with Crippen molar-refractivity contribution < 1.29 is 47.0 Å². The van der Waals surface area contributed by atoms with E-state index in [1.165, 1.54) is 7.11 Å². The summed E-state index contributed by atoms with van der Waals surface area (Å²) in [6.07, 6.45) is -5.07. The second kappa shape index (κ2) is 15.7. The number of aliphatic carboxylic acids is 1. The SMILES string of the molecule is COC(=O)[C@H](Cc1ccccc1)NC(=O)[C@H](Cc1ccccc1)NC(=O)[C@@H](N)CC(N)=O.O=C(O)C(F)(F)F. The van der Waals surface area contributed by atoms with E-state index in [4.69, 9.17) is 26.1 Å². The maximum absolute atomic E-state index is 13.1. The number of carbonyl (C=O) groups is 5. The first kappa shape index (κ1) is 32.6. The highest BCUT2D eigenvalue weighted by molar-refractivity contribution is 5.93. The first-order chi connectivity index (χ1) is 18.2. The van der Waals surface area contributed by atoms with Crippen LogP contribution in [0, 0.1) is 0 Å². The Hall–Kier alpha value is -4.46. The number of hydrogen-bond acceptors (Lipinski definition) is 7. The van der Waals surface area contributed by atoms with Gasteiger partial charge in [0.15, 0.2) is 0 Å². The Bertz CT molecular complexity index is 1120. The third-order valence-corrected chi connectivity index (χ3v) is 5.00. The normalized spacial score (nSPS) is 12.9. The Morgan fingerprint density at radius 2 is 1.26 bits per heavy atom. The molecule has 7 N–H and O–H groups in total. The number of nitrogens with one attached hydrogen (secondary N) is 2. The van der Waals surface area contributed by atoms with E-state index in [2.05, 4.69) is 10.6 Å². The fraction of sp³-hybridized carbons (Fsp3) is 0.320. The molecule has 2 aromatic carbocycles. The van der Waals surface area contributed by atoms with Gasteiger partial charge in [0, 0.05) is 12.8 Å². The summed E-state index contributed by atoms with van der Waals surface area (Å²) >= 11 is 0. The van der Waals surface area contributed by atoms with Gasteiger partial charge in [-0.1, -0.05) is 60.7 Å². The van der Waals surface area contributed by atoms with Crippen molar-refractivity contribution in [2.24, 2.45) is 11.5 Å². The highest BCUT2D eigenvalue weighted by atomic mass is 19.4. The lowest BCUT2D eigenvalue weighted by Crippen LogP contribution is -2.56. The summed E-state index contributed by atoms with van der Waals surface area (Å²) in [5.74, 6) is -5.38. The predicted octanol–water partition coefficient (Wildman–Crippen LogP) is 0.450. The summed E-state index contributed by atoms with van der Waals surface area (Å²) in [4.78, 5) is 57.8. The number of carboxylic acid groups (broad SMARTS) is 1. The molecule has 14 heteroatoms. The van der Waals surface area contributed by atoms with Gasteiger partial charge >= 0.3 is 18.1 Å². The van der Waals surface area contributed by atoms with Crippen LogP contribution in [0.25, 0.3) is 0 Å². The molecular formula is C25H29F3N4O7. The molecule has 0 bridgehead atoms. The van der Waals surface area contributed by atoms with Crippen molar-refractivity contribution in [3.63, 3.8) is 0 Å². The molecule has 0 spiro atoms. The van der Waals surface area contributed by atoms with Crippen molar-refractivity contribution in [2.45, 2.75) is 43.6 Å². The van der Waals surface area contributed by atoms with Crippen molar-refractivity contribution >= 4 is 29.7 Å². The number of halogens is 3. The van der Waals surface area contributed by atoms with Crippen LogP contribution < -0.4 is 22.1 Å². The third kappa shape index (κ3) is 12.6. The van der Waals surface area contributed by atoms with Crippen LogP contribution in [0.15, 0.2) is 60.7 Å². The van der Waals surface area contributed by atoms with Crippen LogP contribution in [0.5, 0.6) is 0 Å². The molecule has 212 valence electrons. The number of amides is 3. The molecule has 0 fully saturated rings. The molecular weight excluding hydrogens is 525 g/mol. The zero-order chi connectivity index (χ0) is 29.6. The van der Waals surface area contributed by atoms with Crippen molar-refractivity contribution in [3.8, 4) is 0 Å². The van der Waals surface area contributed by atoms with Crippen LogP contribution in [-0.2, 0) is 41.6 Å². The summed E-state index contributed by atoms with van der Waals surface area (Å²) in [6, 6.07) is 15.0. The van der Waals surface area contributed by atoms with Gasteiger partial charge in [0.25, 0.3) is 0 Å². The fourth-order valence-electron chi connectivity index (χ4n) is 3.10. The number of alkyl halides is 3. The van der Waals surface area contributed by atoms with Crippen molar-refractivity contribution in [1.29, 1.82) is 0 Å². The molecule has 0 saturated carbocycles. The van der Waals surface area contributed by atoms with Crippen LogP contribution in [0.1, 0.15) is 17.5 Å². The molecule has 0 saturated heterocycles. The molecule has 11 nitrogen and oxygen atoms in total. The van der Waals surface area contributed by atoms with Gasteiger partial charge in [0.05, 0.1) is 19.6 Å². The minimum Gasteiger partial charge on any atom is -0.475 e. The lowest BCUT2D eigenvalue weighted by Gasteiger charge is -2.23. The highest BCUT2D eigenvalue weighted by Gasteiger charge is 2.38. The Morgan fingerprint density at radius 1 is 0.846 bits per heavy atom. The number of ether oxygens (including phenoxy) is 1. The predicted molar refractivity (Wildman–Crippen MR) is 132 cm³/mol. The molecule has 0 aromatic heterocycles. The smallest absolute Gasteiger partial charge is 0.475 e. The third-order valence-electron chi connectivity index (χ3n) is 5.00. The van der Waals surface area contributed by atoms with E-state index in [1.807, 2.05) is 36.4 Å². The molecule has 3 atom stereocenters. The second-order valence-corrected chi connectivity index (χ2v) is 8.10. The molecule has 0 aliphatic carbocycles. The van der Waals surface area contributed by atoms with E-state index < -0.39 is 54.0 Å². The Kier molecular flexibility index (Phi) is 13.1. The molecule has 0 radical (unpaired) electrons. The average Bonchev–Trinajstić information content (AvgIpc) is 2.88. The molecule has 0 unspecified atom stereocenters. The number of carbonyl (C=O) groups excluding carboxylic acids is 4. The maximum Gasteiger partial charge on any atom is 0.490 e. The van der Waals surface area contributed by atoms with E-state index in [9.17, 15) is 32.3 Å². The summed E-state index contributed by atoms with van der Waals surface area (Å²) in [6.45, 7) is 0. The van der Waals surface area contributed by atoms with Gasteiger partial charge < -0.3 is 31.9 Å². The van der Waals surface area contributed by atoms with Gasteiger partial charge in [-0.2, -0.15) is 13.2 Å². The van der Waals surface area contributed by atoms with Gasteiger partial charge in [0.2, 0.25) is 17.7 Å². The number of primary amides is 1. The van der Waals surface area contributed by atoms with Crippen LogP contribution in [0.3, 0.4) is 0 Å². The molecule has 3 amide bonds. The monoisotopic (exact) mass is 554 g/mol. The number of nitrogens with two attached hydrogens (primary N) is 2. The van der Waals surface area contributed by atoms with E-state index >= 15 is 0 Å². The molecule has 39 heavy (non-hydrogen) atoms. The zero-order valence-corrected chi connectivity index (χ0v) is 20.8. The van der Waals surface area contributed by atoms with Gasteiger partial charge in [-0.25, -0.2) is 9.59 Å². The van der Waals surface area contributed by atoms with Crippen LogP contribution in [-0.4, -0.2) is 66.2 Å². The number of carboxylic acids is 1. The van der Waals surface area contributed by atoms with Gasteiger partial charge in [0.1, 0.15) is 12.1 Å². The van der Waals surface area contributed by atoms with Gasteiger partial charge in [-0.15, -0.1) is 0 Å². The van der Waals surface area contributed by atoms with E-state index in [0.717, 1.165) is 11.1 Å². The standard InChI is InChI=1S/C23H28N4O5.C2HF3O2/c1-32-23(31)19(13-16-10-6-3-7-11-16)27-22(30)18(12-15-8-4-2-5-9-15)26-21(29)17(24)14-20(25)28;3-2(4,5)1(6)7/h2-11,17-19H,12-14,24H2,1H3,(H2,25,28)(H,26,29)(H,27,30);(H,6,7)/t17-,18-,19-;/m0./s1. The number of methoxy groups -OCH3 is 1. The summed E-state index contributed by atoms with van der Waals surface area (Å²) in [5, 5.41) is 12.3. The summed E-state index contributed by atoms with van der Waals surface area (Å²) in [7, 11) is 1.23. The first-order valence-electron chi connectivity index (χ1n) is 11.3. The molecule has 0 aliphatic rings. The molecule has 0 aliphatic heterocycles. The van der Waals surface area contributed by atoms with E-state index in [-0.39, 0.29) is 19.3 Å². The van der Waals surface area contributed by atoms with Gasteiger partial charge in [-0.3, -0.25) is 14.4 Å². The largest absolute Gasteiger partial charge is 0.490 e. The lowest BCUT2D eigenvalue weighted by molar-refractivity contribution is -0.192. The van der Waals surface area contributed by atoms with Crippen LogP contribution >= 0.6 is 0 Å². The number of benzene rings is 2. The fourth-order valence-corrected chi connectivity index (χ4v) is 3.10. The van der Waals surface area contributed by atoms with Crippen molar-refractivity contribution in [1.82, 2.24) is 10.6 Å². The van der Waals surface area contributed by atoms with Gasteiger partial charge in [-0.05, 0) is 11.1 Å². The number of hydrogen-bond donors (Lipinski definition) is 5.